The maximum absolute atomic E-state index is 12.4. The number of sulfonamides is 1. The molecule has 1 atom stereocenters. The van der Waals surface area contributed by atoms with E-state index in [-0.39, 0.29) is 0 Å². The molecule has 3 N–H and O–H groups in total. The maximum atomic E-state index is 12.4. The number of benzene rings is 1. The largest absolute Gasteiger partial charge is 0.369 e. The number of aromatic nitrogens is 2. The van der Waals surface area contributed by atoms with Crippen molar-refractivity contribution in [2.45, 2.75) is 61.4 Å². The molecule has 35 heavy (non-hydrogen) atoms. The normalized spacial score (nSPS) is 27.2. The fourth-order valence-electron chi connectivity index (χ4n) is 5.56. The number of nitriles is 1. The number of aliphatic hydroxyl groups is 1. The Labute approximate surface area is 205 Å². The van der Waals surface area contributed by atoms with Crippen LogP contribution in [-0.4, -0.2) is 59.7 Å². The minimum atomic E-state index is -3.44. The first-order chi connectivity index (χ1) is 16.7. The summed E-state index contributed by atoms with van der Waals surface area (Å²) in [7, 11) is 2.30. The van der Waals surface area contributed by atoms with Gasteiger partial charge in [-0.3, -0.25) is 4.68 Å². The van der Waals surface area contributed by atoms with Crippen LogP contribution in [-0.2, 0) is 22.1 Å². The van der Waals surface area contributed by atoms with Gasteiger partial charge in [0.1, 0.15) is 0 Å². The fourth-order valence-corrected chi connectivity index (χ4v) is 6.90. The van der Waals surface area contributed by atoms with E-state index >= 15 is 0 Å². The molecule has 1 saturated carbocycles. The van der Waals surface area contributed by atoms with Crippen molar-refractivity contribution in [2.24, 2.45) is 0 Å². The summed E-state index contributed by atoms with van der Waals surface area (Å²) in [6.07, 6.45) is 6.53. The maximum Gasteiger partial charge on any atom is 0.243 e. The molecular weight excluding hydrogens is 466 g/mol. The molecule has 0 spiro atoms. The lowest BCUT2D eigenvalue weighted by Gasteiger charge is -2.41. The van der Waals surface area contributed by atoms with Crippen LogP contribution in [0.25, 0.3) is 6.08 Å². The molecule has 1 aromatic heterocycles. The van der Waals surface area contributed by atoms with Crippen LogP contribution in [0, 0.1) is 11.3 Å². The molecule has 11 heteroatoms. The molecule has 5 rings (SSSR count). The SMILES string of the molecule is CN1Cc2cc(Nc3nn([C@]4(CC#N)CC[C@H](N(C)C)CC4)c4c3C(O)NC=C4)ccc2S1(=O)=O. The average molecular weight is 498 g/mol. The third-order valence-electron chi connectivity index (χ3n) is 7.61. The van der Waals surface area contributed by atoms with E-state index in [4.69, 9.17) is 5.10 Å². The van der Waals surface area contributed by atoms with E-state index in [1.165, 1.54) is 4.31 Å². The zero-order valence-corrected chi connectivity index (χ0v) is 21.0. The van der Waals surface area contributed by atoms with Crippen LogP contribution in [0.5, 0.6) is 0 Å². The molecular formula is C24H31N7O3S. The highest BCUT2D eigenvalue weighted by molar-refractivity contribution is 7.89. The van der Waals surface area contributed by atoms with E-state index in [1.807, 2.05) is 16.8 Å². The van der Waals surface area contributed by atoms with Crippen molar-refractivity contribution >= 4 is 27.6 Å². The second-order valence-corrected chi connectivity index (χ2v) is 11.9. The van der Waals surface area contributed by atoms with Gasteiger partial charge in [-0.05, 0) is 69.6 Å². The van der Waals surface area contributed by atoms with Crippen molar-refractivity contribution < 1.29 is 13.5 Å². The number of anilines is 2. The zero-order chi connectivity index (χ0) is 25.0. The molecule has 0 saturated heterocycles. The van der Waals surface area contributed by atoms with E-state index < -0.39 is 21.8 Å². The van der Waals surface area contributed by atoms with Crippen LogP contribution in [0.1, 0.15) is 55.2 Å². The summed E-state index contributed by atoms with van der Waals surface area (Å²) in [5.74, 6) is 0.491. The van der Waals surface area contributed by atoms with Gasteiger partial charge in [-0.2, -0.15) is 14.7 Å². The van der Waals surface area contributed by atoms with Gasteiger partial charge in [-0.1, -0.05) is 0 Å². The lowest BCUT2D eigenvalue weighted by molar-refractivity contribution is 0.113. The second-order valence-electron chi connectivity index (χ2n) is 9.92. The third-order valence-corrected chi connectivity index (χ3v) is 9.51. The quantitative estimate of drug-likeness (QED) is 0.575. The first-order valence-electron chi connectivity index (χ1n) is 11.8. The Morgan fingerprint density at radius 3 is 2.77 bits per heavy atom. The number of hydrogen-bond donors (Lipinski definition) is 3. The van der Waals surface area contributed by atoms with Gasteiger partial charge in [0.05, 0.1) is 34.2 Å². The Kier molecular flexibility index (Phi) is 5.88. The molecule has 10 nitrogen and oxygen atoms in total. The Morgan fingerprint density at radius 1 is 1.34 bits per heavy atom. The van der Waals surface area contributed by atoms with E-state index in [0.29, 0.717) is 46.5 Å². The van der Waals surface area contributed by atoms with Crippen LogP contribution in [0.4, 0.5) is 11.5 Å². The first kappa shape index (κ1) is 23.8. The molecule has 3 heterocycles. The minimum Gasteiger partial charge on any atom is -0.369 e. The molecule has 186 valence electrons. The standard InChI is InChI=1S/C24H31N7O3S/c1-29(2)18-6-9-24(10-7-18,11-12-25)31-19-8-13-26-23(32)21(19)22(28-31)27-17-4-5-20-16(14-17)15-30(3)35(20,33)34/h4-5,8,13-14,18,23,26,32H,6-7,9-11,15H2,1-3H3,(H,27,28)/t18-,23?,24+. The number of rotatable bonds is 5. The number of fused-ring (bicyclic) bond motifs is 2. The molecule has 0 radical (unpaired) electrons. The summed E-state index contributed by atoms with van der Waals surface area (Å²) in [6.45, 7) is 0.310. The predicted octanol–water partition coefficient (Wildman–Crippen LogP) is 2.44. The topological polar surface area (TPSA) is 127 Å². The summed E-state index contributed by atoms with van der Waals surface area (Å²) < 4.78 is 28.1. The highest BCUT2D eigenvalue weighted by Gasteiger charge is 2.41. The van der Waals surface area contributed by atoms with Gasteiger partial charge in [0.25, 0.3) is 0 Å². The molecule has 2 aliphatic heterocycles. The van der Waals surface area contributed by atoms with Crippen LogP contribution >= 0.6 is 0 Å². The summed E-state index contributed by atoms with van der Waals surface area (Å²) in [5, 5.41) is 31.7. The lowest BCUT2D eigenvalue weighted by atomic mass is 9.77. The van der Waals surface area contributed by atoms with E-state index in [2.05, 4.69) is 35.7 Å². The molecule has 0 bridgehead atoms. The fraction of sp³-hybridized carbons (Fsp3) is 0.500. The van der Waals surface area contributed by atoms with Gasteiger partial charge >= 0.3 is 0 Å². The van der Waals surface area contributed by atoms with Gasteiger partial charge in [0, 0.05) is 31.5 Å². The van der Waals surface area contributed by atoms with Crippen LogP contribution in [0.15, 0.2) is 29.3 Å². The number of aliphatic hydroxyl groups excluding tert-OH is 1. The summed E-state index contributed by atoms with van der Waals surface area (Å²) in [6, 6.07) is 7.98. The first-order valence-corrected chi connectivity index (χ1v) is 13.2. The van der Waals surface area contributed by atoms with Crippen molar-refractivity contribution in [3.8, 4) is 6.07 Å². The number of nitrogens with zero attached hydrogens (tertiary/aromatic N) is 5. The van der Waals surface area contributed by atoms with Gasteiger partial charge in [-0.15, -0.1) is 0 Å². The number of nitrogens with one attached hydrogen (secondary N) is 2. The van der Waals surface area contributed by atoms with Crippen molar-refractivity contribution in [3.63, 3.8) is 0 Å². The van der Waals surface area contributed by atoms with Crippen LogP contribution in [0.3, 0.4) is 0 Å². The Balaban J connectivity index is 1.54. The van der Waals surface area contributed by atoms with E-state index in [0.717, 1.165) is 31.4 Å². The Bertz CT molecular complexity index is 1320. The lowest BCUT2D eigenvalue weighted by Crippen LogP contribution is -2.44. The zero-order valence-electron chi connectivity index (χ0n) is 20.2. The van der Waals surface area contributed by atoms with Crippen molar-refractivity contribution in [3.05, 3.63) is 41.2 Å². The summed E-state index contributed by atoms with van der Waals surface area (Å²) in [4.78, 5) is 2.55. The molecule has 1 aliphatic carbocycles. The Hall–Kier alpha value is -2.91. The Morgan fingerprint density at radius 2 is 2.09 bits per heavy atom. The van der Waals surface area contributed by atoms with Gasteiger partial charge < -0.3 is 20.6 Å². The molecule has 0 amide bonds. The molecule has 1 unspecified atom stereocenters. The second kappa shape index (κ2) is 8.64. The van der Waals surface area contributed by atoms with Gasteiger partial charge in [0.2, 0.25) is 10.0 Å². The summed E-state index contributed by atoms with van der Waals surface area (Å²) in [5.41, 5.74) is 2.34. The highest BCUT2D eigenvalue weighted by Crippen LogP contribution is 2.43. The molecule has 1 aromatic carbocycles. The van der Waals surface area contributed by atoms with Crippen molar-refractivity contribution in [1.82, 2.24) is 24.3 Å². The van der Waals surface area contributed by atoms with E-state index in [1.54, 1.807) is 25.4 Å². The summed E-state index contributed by atoms with van der Waals surface area (Å²) >= 11 is 0. The highest BCUT2D eigenvalue weighted by atomic mass is 32.2. The smallest absolute Gasteiger partial charge is 0.243 e. The van der Waals surface area contributed by atoms with Gasteiger partial charge in [0.15, 0.2) is 12.0 Å². The average Bonchev–Trinajstić information content (AvgIpc) is 3.29. The predicted molar refractivity (Wildman–Crippen MR) is 132 cm³/mol. The molecule has 1 fully saturated rings. The van der Waals surface area contributed by atoms with Crippen LogP contribution in [0.2, 0.25) is 0 Å². The van der Waals surface area contributed by atoms with Crippen LogP contribution < -0.4 is 10.6 Å². The van der Waals surface area contributed by atoms with Crippen molar-refractivity contribution in [2.75, 3.05) is 26.5 Å². The number of hydrogen-bond acceptors (Lipinski definition) is 8. The monoisotopic (exact) mass is 497 g/mol. The minimum absolute atomic E-state index is 0.310. The van der Waals surface area contributed by atoms with Crippen molar-refractivity contribution in [1.29, 1.82) is 5.26 Å². The van der Waals surface area contributed by atoms with Gasteiger partial charge in [-0.25, -0.2) is 8.42 Å². The third kappa shape index (κ3) is 3.90. The molecule has 2 aromatic rings. The molecule has 3 aliphatic rings. The van der Waals surface area contributed by atoms with E-state index in [9.17, 15) is 18.8 Å².